The number of nitrogens with zero attached hydrogens (tertiary/aromatic N) is 1. The third-order valence-corrected chi connectivity index (χ3v) is 4.25. The molecule has 20 heavy (non-hydrogen) atoms. The van der Waals surface area contributed by atoms with Gasteiger partial charge in [-0.3, -0.25) is 0 Å². The van der Waals surface area contributed by atoms with Crippen LogP contribution in [0.4, 0.5) is 0 Å². The van der Waals surface area contributed by atoms with Gasteiger partial charge >= 0.3 is 0 Å². The van der Waals surface area contributed by atoms with Gasteiger partial charge in [0.1, 0.15) is 23.1 Å². The number of ether oxygens (including phenoxy) is 1. The second kappa shape index (κ2) is 6.00. The Bertz CT molecular complexity index is 728. The molecule has 0 bridgehead atoms. The van der Waals surface area contributed by atoms with Crippen molar-refractivity contribution in [2.24, 2.45) is 0 Å². The van der Waals surface area contributed by atoms with Crippen LogP contribution in [-0.4, -0.2) is 17.5 Å². The molecule has 0 fully saturated rings. The fourth-order valence-electron chi connectivity index (χ4n) is 2.02. The highest BCUT2D eigenvalue weighted by molar-refractivity contribution is 7.13. The lowest BCUT2D eigenvalue weighted by Crippen LogP contribution is -2.01. The number of rotatable bonds is 4. The summed E-state index contributed by atoms with van der Waals surface area (Å²) in [7, 11) is 0. The number of fused-ring (bicyclic) bond motifs is 1. The summed E-state index contributed by atoms with van der Waals surface area (Å²) in [5.41, 5.74) is 1.62. The van der Waals surface area contributed by atoms with Crippen molar-refractivity contribution in [2.75, 3.05) is 12.5 Å². The van der Waals surface area contributed by atoms with Crippen molar-refractivity contribution in [3.8, 4) is 16.3 Å². The van der Waals surface area contributed by atoms with E-state index in [-0.39, 0.29) is 0 Å². The van der Waals surface area contributed by atoms with Gasteiger partial charge in [-0.1, -0.05) is 29.8 Å². The first-order valence-corrected chi connectivity index (χ1v) is 7.91. The van der Waals surface area contributed by atoms with E-state index in [1.54, 1.807) is 11.3 Å². The van der Waals surface area contributed by atoms with E-state index in [1.165, 1.54) is 0 Å². The van der Waals surface area contributed by atoms with E-state index in [0.29, 0.717) is 23.3 Å². The zero-order valence-electron chi connectivity index (χ0n) is 10.5. The largest absolute Gasteiger partial charge is 0.490 e. The average molecular weight is 324 g/mol. The summed E-state index contributed by atoms with van der Waals surface area (Å²) in [6.45, 7) is 0.416. The molecule has 3 aromatic rings. The highest BCUT2D eigenvalue weighted by Gasteiger charge is 2.16. The molecule has 0 aliphatic heterocycles. The Kier molecular flexibility index (Phi) is 4.10. The van der Waals surface area contributed by atoms with Crippen molar-refractivity contribution in [3.63, 3.8) is 0 Å². The molecule has 1 aromatic carbocycles. The van der Waals surface area contributed by atoms with Crippen LogP contribution < -0.4 is 4.74 Å². The van der Waals surface area contributed by atoms with Crippen LogP contribution in [0.1, 0.15) is 0 Å². The van der Waals surface area contributed by atoms with Crippen LogP contribution in [0, 0.1) is 0 Å². The van der Waals surface area contributed by atoms with Gasteiger partial charge < -0.3 is 4.74 Å². The second-order valence-electron chi connectivity index (χ2n) is 4.14. The van der Waals surface area contributed by atoms with Gasteiger partial charge in [0.2, 0.25) is 0 Å². The minimum absolute atomic E-state index is 0.416. The Labute approximate surface area is 130 Å². The number of halogens is 2. The third-order valence-electron chi connectivity index (χ3n) is 2.87. The molecule has 0 unspecified atom stereocenters. The maximum absolute atomic E-state index is 6.49. The van der Waals surface area contributed by atoms with Crippen LogP contribution in [0.15, 0.2) is 41.8 Å². The van der Waals surface area contributed by atoms with Crippen LogP contribution in [0.3, 0.4) is 0 Å². The van der Waals surface area contributed by atoms with E-state index in [2.05, 4.69) is 4.98 Å². The minimum Gasteiger partial charge on any atom is -0.490 e. The Morgan fingerprint density at radius 2 is 2.00 bits per heavy atom. The number of hydrogen-bond acceptors (Lipinski definition) is 3. The zero-order valence-corrected chi connectivity index (χ0v) is 12.8. The highest BCUT2D eigenvalue weighted by Crippen LogP contribution is 2.40. The van der Waals surface area contributed by atoms with Crippen LogP contribution >= 0.6 is 34.5 Å². The third kappa shape index (κ3) is 2.49. The second-order valence-corrected chi connectivity index (χ2v) is 5.84. The number of pyridine rings is 1. The quantitative estimate of drug-likeness (QED) is 0.613. The number of para-hydroxylation sites is 1. The maximum atomic E-state index is 6.49. The lowest BCUT2D eigenvalue weighted by molar-refractivity contribution is 0.347. The molecule has 2 heterocycles. The molecule has 0 amide bonds. The van der Waals surface area contributed by atoms with Crippen molar-refractivity contribution in [3.05, 3.63) is 46.8 Å². The first-order valence-electron chi connectivity index (χ1n) is 6.12. The summed E-state index contributed by atoms with van der Waals surface area (Å²) in [5, 5.41) is 3.45. The number of benzene rings is 1. The van der Waals surface area contributed by atoms with Crippen molar-refractivity contribution in [2.45, 2.75) is 0 Å². The molecule has 5 heteroatoms. The molecule has 102 valence electrons. The van der Waals surface area contributed by atoms with Gasteiger partial charge in [0.05, 0.1) is 16.3 Å². The highest BCUT2D eigenvalue weighted by atomic mass is 35.5. The fraction of sp³-hybridized carbons (Fsp3) is 0.133. The molecule has 0 aliphatic carbocycles. The predicted molar refractivity (Wildman–Crippen MR) is 86.3 cm³/mol. The van der Waals surface area contributed by atoms with E-state index in [0.717, 1.165) is 21.5 Å². The first-order chi connectivity index (χ1) is 9.81. The normalized spacial score (nSPS) is 10.9. The molecule has 0 saturated carbocycles. The molecule has 2 aromatic heterocycles. The van der Waals surface area contributed by atoms with Crippen LogP contribution in [0.2, 0.25) is 5.02 Å². The van der Waals surface area contributed by atoms with Gasteiger partial charge in [-0.2, -0.15) is 0 Å². The summed E-state index contributed by atoms with van der Waals surface area (Å²) >= 11 is 13.8. The molecule has 0 saturated heterocycles. The SMILES string of the molecule is ClCCOc1c(Cl)c(-c2cccs2)nc2ccccc12. The number of thiophene rings is 1. The molecular formula is C15H11Cl2NOS. The Hall–Kier alpha value is -1.29. The summed E-state index contributed by atoms with van der Waals surface area (Å²) in [6.07, 6.45) is 0. The molecule has 2 nitrogen and oxygen atoms in total. The summed E-state index contributed by atoms with van der Waals surface area (Å²) in [5.74, 6) is 1.07. The van der Waals surface area contributed by atoms with Gasteiger partial charge in [-0.15, -0.1) is 22.9 Å². The summed E-state index contributed by atoms with van der Waals surface area (Å²) in [6, 6.07) is 11.8. The standard InChI is InChI=1S/C15H11Cl2NOS/c16-7-8-19-15-10-4-1-2-5-11(10)18-14(13(15)17)12-6-3-9-20-12/h1-6,9H,7-8H2. The van der Waals surface area contributed by atoms with Crippen molar-refractivity contribution < 1.29 is 4.74 Å². The Morgan fingerprint density at radius 3 is 2.75 bits per heavy atom. The molecule has 0 radical (unpaired) electrons. The van der Waals surface area contributed by atoms with Crippen molar-refractivity contribution >= 4 is 45.4 Å². The van der Waals surface area contributed by atoms with Crippen LogP contribution in [0.25, 0.3) is 21.5 Å². The van der Waals surface area contributed by atoms with Gasteiger partial charge in [0.15, 0.2) is 0 Å². The first kappa shape index (κ1) is 13.7. The van der Waals surface area contributed by atoms with E-state index < -0.39 is 0 Å². The Morgan fingerprint density at radius 1 is 1.15 bits per heavy atom. The molecular weight excluding hydrogens is 313 g/mol. The number of alkyl halides is 1. The van der Waals surface area contributed by atoms with E-state index in [1.807, 2.05) is 41.8 Å². The van der Waals surface area contributed by atoms with E-state index >= 15 is 0 Å². The smallest absolute Gasteiger partial charge is 0.149 e. The predicted octanol–water partition coefficient (Wildman–Crippen LogP) is 5.23. The fourth-order valence-corrected chi connectivity index (χ4v) is 3.17. The number of hydrogen-bond donors (Lipinski definition) is 0. The van der Waals surface area contributed by atoms with Crippen LogP contribution in [-0.2, 0) is 0 Å². The molecule has 0 N–H and O–H groups in total. The lowest BCUT2D eigenvalue weighted by atomic mass is 10.1. The van der Waals surface area contributed by atoms with Crippen molar-refractivity contribution in [1.82, 2.24) is 4.98 Å². The average Bonchev–Trinajstić information content (AvgIpc) is 3.00. The molecule has 0 atom stereocenters. The van der Waals surface area contributed by atoms with Gasteiger partial charge in [-0.05, 0) is 23.6 Å². The molecule has 0 spiro atoms. The monoisotopic (exact) mass is 323 g/mol. The maximum Gasteiger partial charge on any atom is 0.149 e. The van der Waals surface area contributed by atoms with E-state index in [4.69, 9.17) is 27.9 Å². The minimum atomic E-state index is 0.416. The van der Waals surface area contributed by atoms with Gasteiger partial charge in [-0.25, -0.2) is 4.98 Å². The van der Waals surface area contributed by atoms with Gasteiger partial charge in [0, 0.05) is 5.39 Å². The Balaban J connectivity index is 2.24. The summed E-state index contributed by atoms with van der Waals surface area (Å²) < 4.78 is 5.74. The van der Waals surface area contributed by atoms with Gasteiger partial charge in [0.25, 0.3) is 0 Å². The number of aromatic nitrogens is 1. The topological polar surface area (TPSA) is 22.1 Å². The zero-order chi connectivity index (χ0) is 13.9. The summed E-state index contributed by atoms with van der Waals surface area (Å²) in [4.78, 5) is 5.68. The van der Waals surface area contributed by atoms with Crippen LogP contribution in [0.5, 0.6) is 5.75 Å². The lowest BCUT2D eigenvalue weighted by Gasteiger charge is -2.12. The van der Waals surface area contributed by atoms with Crippen molar-refractivity contribution in [1.29, 1.82) is 0 Å². The van der Waals surface area contributed by atoms with E-state index in [9.17, 15) is 0 Å². The molecule has 0 aliphatic rings. The molecule has 3 rings (SSSR count).